The van der Waals surface area contributed by atoms with Gasteiger partial charge in [-0.3, -0.25) is 14.4 Å². The molecule has 0 saturated heterocycles. The second-order valence-electron chi connectivity index (χ2n) is 13.9. The molecule has 4 aliphatic carbocycles. The van der Waals surface area contributed by atoms with Gasteiger partial charge < -0.3 is 10.2 Å². The number of fused-ring (bicyclic) bond motifs is 4. The van der Waals surface area contributed by atoms with Crippen molar-refractivity contribution in [3.63, 3.8) is 0 Å². The van der Waals surface area contributed by atoms with Crippen molar-refractivity contribution in [2.45, 2.75) is 106 Å². The summed E-state index contributed by atoms with van der Waals surface area (Å²) in [5.74, 6) is -1.34. The first-order valence-electron chi connectivity index (χ1n) is 13.9. The topological polar surface area (TPSA) is 91.7 Å². The van der Waals surface area contributed by atoms with Gasteiger partial charge in [-0.1, -0.05) is 66.2 Å². The van der Waals surface area contributed by atoms with Gasteiger partial charge in [-0.15, -0.1) is 0 Å². The van der Waals surface area contributed by atoms with E-state index in [1.165, 1.54) is 5.57 Å². The molecule has 5 heteroatoms. The normalized spacial score (nSPS) is 40.5. The Bertz CT molecular complexity index is 1030. The zero-order valence-electron chi connectivity index (χ0n) is 23.4. The Kier molecular flexibility index (Phi) is 6.55. The van der Waals surface area contributed by atoms with Crippen LogP contribution in [-0.2, 0) is 14.4 Å². The fraction of sp³-hybridized carbons (Fsp3) is 0.774. The molecule has 2 N–H and O–H groups in total. The lowest BCUT2D eigenvalue weighted by Gasteiger charge is -2.59. The van der Waals surface area contributed by atoms with Gasteiger partial charge in [0.1, 0.15) is 5.78 Å². The zero-order chi connectivity index (χ0) is 27.0. The maximum absolute atomic E-state index is 13.9. The smallest absolute Gasteiger partial charge is 0.306 e. The number of carbonyl (C=O) groups is 3. The molecule has 0 aliphatic heterocycles. The molecule has 5 nitrogen and oxygen atoms in total. The van der Waals surface area contributed by atoms with Crippen molar-refractivity contribution in [2.24, 2.45) is 45.3 Å². The molecule has 0 spiro atoms. The quantitative estimate of drug-likeness (QED) is 0.429. The van der Waals surface area contributed by atoms with Gasteiger partial charge in [-0.2, -0.15) is 0 Å². The summed E-state index contributed by atoms with van der Waals surface area (Å²) in [6.45, 7) is 18.8. The van der Waals surface area contributed by atoms with Gasteiger partial charge in [0.05, 0.1) is 12.0 Å². The van der Waals surface area contributed by atoms with E-state index in [0.29, 0.717) is 32.1 Å². The highest BCUT2D eigenvalue weighted by atomic mass is 16.4. The highest BCUT2D eigenvalue weighted by Gasteiger charge is 2.68. The van der Waals surface area contributed by atoms with E-state index in [1.54, 1.807) is 0 Å². The molecule has 2 fully saturated rings. The number of aliphatic hydroxyl groups excluding tert-OH is 1. The molecular formula is C31H46O5. The number of aliphatic carboxylic acids is 1. The van der Waals surface area contributed by atoms with Crippen LogP contribution in [0.25, 0.3) is 0 Å². The van der Waals surface area contributed by atoms with Crippen LogP contribution in [-0.4, -0.2) is 33.9 Å². The summed E-state index contributed by atoms with van der Waals surface area (Å²) in [5, 5.41) is 21.8. The average molecular weight is 499 g/mol. The maximum Gasteiger partial charge on any atom is 0.306 e. The van der Waals surface area contributed by atoms with Crippen molar-refractivity contribution in [3.8, 4) is 0 Å². The van der Waals surface area contributed by atoms with Crippen molar-refractivity contribution in [1.82, 2.24) is 0 Å². The molecule has 2 saturated carbocycles. The van der Waals surface area contributed by atoms with Gasteiger partial charge in [0.25, 0.3) is 0 Å². The summed E-state index contributed by atoms with van der Waals surface area (Å²) in [7, 11) is 0. The Labute approximate surface area is 216 Å². The minimum Gasteiger partial charge on any atom is -0.481 e. The van der Waals surface area contributed by atoms with E-state index in [2.05, 4.69) is 41.2 Å². The lowest BCUT2D eigenvalue weighted by Crippen LogP contribution is -2.56. The summed E-state index contributed by atoms with van der Waals surface area (Å²) < 4.78 is 0. The van der Waals surface area contributed by atoms with Crippen molar-refractivity contribution in [3.05, 3.63) is 23.3 Å². The third-order valence-electron chi connectivity index (χ3n) is 11.7. The van der Waals surface area contributed by atoms with Gasteiger partial charge in [0, 0.05) is 35.2 Å². The van der Waals surface area contributed by atoms with E-state index >= 15 is 0 Å². The summed E-state index contributed by atoms with van der Waals surface area (Å²) in [5.41, 5.74) is 1.26. The molecule has 4 aliphatic rings. The van der Waals surface area contributed by atoms with Gasteiger partial charge in [0.15, 0.2) is 5.78 Å². The van der Waals surface area contributed by atoms with Gasteiger partial charge >= 0.3 is 5.97 Å². The number of hydrogen-bond acceptors (Lipinski definition) is 4. The first-order chi connectivity index (χ1) is 16.5. The van der Waals surface area contributed by atoms with Crippen LogP contribution < -0.4 is 0 Å². The molecule has 0 aromatic heterocycles. The Balaban J connectivity index is 1.77. The molecule has 0 aromatic carbocycles. The van der Waals surface area contributed by atoms with Crippen LogP contribution in [0.4, 0.5) is 0 Å². The lowest BCUT2D eigenvalue weighted by atomic mass is 9.43. The molecule has 0 bridgehead atoms. The van der Waals surface area contributed by atoms with Crippen LogP contribution in [0, 0.1) is 45.3 Å². The van der Waals surface area contributed by atoms with Crippen molar-refractivity contribution >= 4 is 17.5 Å². The molecule has 0 aromatic rings. The predicted molar refractivity (Wildman–Crippen MR) is 140 cm³/mol. The molecule has 0 unspecified atom stereocenters. The molecule has 200 valence electrons. The Morgan fingerprint density at radius 2 is 1.72 bits per heavy atom. The van der Waals surface area contributed by atoms with E-state index in [9.17, 15) is 24.6 Å². The second kappa shape index (κ2) is 8.64. The number of ketones is 2. The predicted octanol–water partition coefficient (Wildman–Crippen LogP) is 6.15. The van der Waals surface area contributed by atoms with Gasteiger partial charge in [0.2, 0.25) is 0 Å². The molecular weight excluding hydrogens is 452 g/mol. The number of aliphatic hydroxyl groups is 1. The number of Topliss-reactive ketones (excluding diaryl/α,β-unsaturated/α-hetero) is 2. The molecule has 0 heterocycles. The summed E-state index contributed by atoms with van der Waals surface area (Å²) in [4.78, 5) is 39.3. The summed E-state index contributed by atoms with van der Waals surface area (Å²) >= 11 is 0. The van der Waals surface area contributed by atoms with E-state index in [1.807, 2.05) is 13.8 Å². The molecule has 0 radical (unpaired) electrons. The first kappa shape index (κ1) is 27.3. The Morgan fingerprint density at radius 3 is 2.31 bits per heavy atom. The average Bonchev–Trinajstić information content (AvgIpc) is 2.98. The number of allylic oxidation sites excluding steroid dienone is 3. The number of carbonyl (C=O) groups excluding carboxylic acids is 2. The minimum absolute atomic E-state index is 0.0126. The molecule has 4 rings (SSSR count). The fourth-order valence-corrected chi connectivity index (χ4v) is 9.08. The van der Waals surface area contributed by atoms with Crippen molar-refractivity contribution < 1.29 is 24.6 Å². The van der Waals surface area contributed by atoms with E-state index < -0.39 is 40.2 Å². The van der Waals surface area contributed by atoms with Crippen molar-refractivity contribution in [2.75, 3.05) is 0 Å². The highest BCUT2D eigenvalue weighted by molar-refractivity contribution is 6.01. The molecule has 36 heavy (non-hydrogen) atoms. The lowest BCUT2D eigenvalue weighted by molar-refractivity contribution is -0.149. The maximum atomic E-state index is 13.9. The monoisotopic (exact) mass is 498 g/mol. The van der Waals surface area contributed by atoms with E-state index in [-0.39, 0.29) is 28.8 Å². The van der Waals surface area contributed by atoms with Crippen LogP contribution in [0.3, 0.4) is 0 Å². The SMILES string of the molecule is C=C(CC[C@@H](C(=O)O)[C@H]1[C@H](O)C[C@@]2(C)C3=C(CC[C@]12C)[C@@]1(C)CCC(=O)C(C)(C)[C@@H]1CC3=O)C(C)C. The van der Waals surface area contributed by atoms with Crippen LogP contribution in [0.2, 0.25) is 0 Å². The van der Waals surface area contributed by atoms with E-state index in [4.69, 9.17) is 0 Å². The van der Waals surface area contributed by atoms with Gasteiger partial charge in [-0.25, -0.2) is 0 Å². The third-order valence-corrected chi connectivity index (χ3v) is 11.7. The van der Waals surface area contributed by atoms with E-state index in [0.717, 1.165) is 30.4 Å². The van der Waals surface area contributed by atoms with Crippen LogP contribution in [0.5, 0.6) is 0 Å². The molecule has 0 amide bonds. The van der Waals surface area contributed by atoms with Crippen LogP contribution in [0.1, 0.15) is 99.8 Å². The summed E-state index contributed by atoms with van der Waals surface area (Å²) in [6, 6.07) is 0. The Hall–Kier alpha value is -1.75. The standard InChI is InChI=1S/C31H46O5/c1-17(2)18(3)9-10-19(27(35)36)25-22(33)16-31(8)26-20(11-14-30(25,31)7)29(6)13-12-24(34)28(4,5)23(29)15-21(26)32/h17,19,22-23,25,33H,3,9-16H2,1-2,4-8H3,(H,35,36)/t19-,22-,23+,25+,29-,30-,31+/m1/s1. The molecule has 7 atom stereocenters. The fourth-order valence-electron chi connectivity index (χ4n) is 9.08. The Morgan fingerprint density at radius 1 is 1.08 bits per heavy atom. The minimum atomic E-state index is -0.865. The number of rotatable bonds is 6. The first-order valence-corrected chi connectivity index (χ1v) is 13.9. The van der Waals surface area contributed by atoms with Crippen LogP contribution in [0.15, 0.2) is 23.3 Å². The number of hydrogen-bond donors (Lipinski definition) is 2. The third kappa shape index (κ3) is 3.62. The highest BCUT2D eigenvalue weighted by Crippen LogP contribution is 2.71. The van der Waals surface area contributed by atoms with Gasteiger partial charge in [-0.05, 0) is 61.2 Å². The number of carboxylic acids is 1. The summed E-state index contributed by atoms with van der Waals surface area (Å²) in [6.07, 6.45) is 3.86. The zero-order valence-corrected chi connectivity index (χ0v) is 23.4. The van der Waals surface area contributed by atoms with Crippen LogP contribution >= 0.6 is 0 Å². The number of carboxylic acid groups (broad SMARTS) is 1. The van der Waals surface area contributed by atoms with Crippen molar-refractivity contribution in [1.29, 1.82) is 0 Å². The second-order valence-corrected chi connectivity index (χ2v) is 13.9. The largest absolute Gasteiger partial charge is 0.481 e.